The molecular formula is C13H14BrN3O2. The number of fused-ring (bicyclic) bond motifs is 1. The van der Waals surface area contributed by atoms with Crippen LogP contribution in [0.5, 0.6) is 0 Å². The summed E-state index contributed by atoms with van der Waals surface area (Å²) in [6.07, 6.45) is 4.71. The summed E-state index contributed by atoms with van der Waals surface area (Å²) in [4.78, 5) is 16.9. The van der Waals surface area contributed by atoms with E-state index in [-0.39, 0.29) is 0 Å². The summed E-state index contributed by atoms with van der Waals surface area (Å²) in [5.41, 5.74) is 1.05. The number of nitrogens with zero attached hydrogens (tertiary/aromatic N) is 3. The fourth-order valence-corrected chi connectivity index (χ4v) is 3.08. The van der Waals surface area contributed by atoms with Crippen LogP contribution in [0.15, 0.2) is 29.0 Å². The molecule has 6 heteroatoms. The lowest BCUT2D eigenvalue weighted by molar-refractivity contribution is 0.131. The highest BCUT2D eigenvalue weighted by Crippen LogP contribution is 2.29. The van der Waals surface area contributed by atoms with Gasteiger partial charge in [-0.3, -0.25) is 0 Å². The maximum atomic E-state index is 10.9. The molecule has 100 valence electrons. The van der Waals surface area contributed by atoms with E-state index in [1.54, 1.807) is 0 Å². The molecule has 3 heterocycles. The molecule has 0 radical (unpaired) electrons. The Morgan fingerprint density at radius 1 is 1.42 bits per heavy atom. The Kier molecular flexibility index (Phi) is 3.18. The second-order valence-corrected chi connectivity index (χ2v) is 5.63. The lowest BCUT2D eigenvalue weighted by Gasteiger charge is -2.29. The van der Waals surface area contributed by atoms with Gasteiger partial charge in [0.2, 0.25) is 0 Å². The predicted molar refractivity (Wildman–Crippen MR) is 74.5 cm³/mol. The Morgan fingerprint density at radius 2 is 2.16 bits per heavy atom. The zero-order valence-corrected chi connectivity index (χ0v) is 11.9. The normalized spacial score (nSPS) is 17.0. The van der Waals surface area contributed by atoms with Gasteiger partial charge in [-0.15, -0.1) is 0 Å². The number of rotatable bonds is 1. The Balaban J connectivity index is 1.86. The SMILES string of the molecule is O=C(O)N1CCC(c2ncc3c(Br)cccn23)CC1. The molecule has 19 heavy (non-hydrogen) atoms. The molecule has 1 fully saturated rings. The summed E-state index contributed by atoms with van der Waals surface area (Å²) in [7, 11) is 0. The Bertz CT molecular complexity index is 617. The van der Waals surface area contributed by atoms with E-state index in [2.05, 4.69) is 25.3 Å². The predicted octanol–water partition coefficient (Wildman–Crippen LogP) is 2.95. The van der Waals surface area contributed by atoms with E-state index in [0.717, 1.165) is 28.7 Å². The van der Waals surface area contributed by atoms with Gasteiger partial charge in [0, 0.05) is 29.7 Å². The van der Waals surface area contributed by atoms with Crippen molar-refractivity contribution >= 4 is 27.5 Å². The second kappa shape index (κ2) is 4.85. The summed E-state index contributed by atoms with van der Waals surface area (Å²) in [6, 6.07) is 3.97. The quantitative estimate of drug-likeness (QED) is 0.877. The average Bonchev–Trinajstić information content (AvgIpc) is 2.84. The first-order valence-corrected chi connectivity index (χ1v) is 7.05. The summed E-state index contributed by atoms with van der Waals surface area (Å²) >= 11 is 3.52. The van der Waals surface area contributed by atoms with Gasteiger partial charge in [0.1, 0.15) is 5.82 Å². The molecule has 2 aromatic heterocycles. The van der Waals surface area contributed by atoms with Crippen molar-refractivity contribution in [2.45, 2.75) is 18.8 Å². The van der Waals surface area contributed by atoms with Gasteiger partial charge >= 0.3 is 6.09 Å². The topological polar surface area (TPSA) is 57.8 Å². The molecule has 3 rings (SSSR count). The number of amides is 1. The first-order chi connectivity index (χ1) is 9.16. The van der Waals surface area contributed by atoms with Gasteiger partial charge in [-0.25, -0.2) is 9.78 Å². The number of hydrogen-bond acceptors (Lipinski definition) is 2. The molecule has 0 aliphatic carbocycles. The minimum absolute atomic E-state index is 0.326. The van der Waals surface area contributed by atoms with Crippen molar-refractivity contribution in [3.63, 3.8) is 0 Å². The van der Waals surface area contributed by atoms with Crippen LogP contribution in [0.25, 0.3) is 5.52 Å². The molecule has 0 saturated carbocycles. The number of carbonyl (C=O) groups is 1. The van der Waals surface area contributed by atoms with E-state index >= 15 is 0 Å². The molecule has 1 amide bonds. The molecule has 2 aromatic rings. The third kappa shape index (κ3) is 2.20. The second-order valence-electron chi connectivity index (χ2n) is 4.77. The highest BCUT2D eigenvalue weighted by atomic mass is 79.9. The number of likely N-dealkylation sites (tertiary alicyclic amines) is 1. The number of hydrogen-bond donors (Lipinski definition) is 1. The molecule has 0 atom stereocenters. The minimum atomic E-state index is -0.825. The Morgan fingerprint density at radius 3 is 2.84 bits per heavy atom. The van der Waals surface area contributed by atoms with E-state index in [0.29, 0.717) is 19.0 Å². The fourth-order valence-electron chi connectivity index (χ4n) is 2.64. The zero-order valence-electron chi connectivity index (χ0n) is 10.3. The Hall–Kier alpha value is -1.56. The van der Waals surface area contributed by atoms with Crippen LogP contribution in [0.2, 0.25) is 0 Å². The molecule has 0 aromatic carbocycles. The number of halogens is 1. The van der Waals surface area contributed by atoms with Gasteiger partial charge in [-0.1, -0.05) is 0 Å². The molecule has 1 aliphatic rings. The number of piperidine rings is 1. The minimum Gasteiger partial charge on any atom is -0.465 e. The number of carboxylic acid groups (broad SMARTS) is 1. The van der Waals surface area contributed by atoms with Crippen molar-refractivity contribution < 1.29 is 9.90 Å². The van der Waals surface area contributed by atoms with Crippen LogP contribution in [0.4, 0.5) is 4.79 Å². The van der Waals surface area contributed by atoms with Crippen molar-refractivity contribution in [1.82, 2.24) is 14.3 Å². The van der Waals surface area contributed by atoms with Crippen molar-refractivity contribution in [3.8, 4) is 0 Å². The molecule has 1 aliphatic heterocycles. The van der Waals surface area contributed by atoms with Gasteiger partial charge in [-0.05, 0) is 40.9 Å². The summed E-state index contributed by atoms with van der Waals surface area (Å²) in [5.74, 6) is 1.36. The largest absolute Gasteiger partial charge is 0.465 e. The van der Waals surface area contributed by atoms with E-state index in [1.165, 1.54) is 4.90 Å². The van der Waals surface area contributed by atoms with Crippen molar-refractivity contribution in [3.05, 3.63) is 34.8 Å². The van der Waals surface area contributed by atoms with Crippen LogP contribution < -0.4 is 0 Å². The third-order valence-corrected chi connectivity index (χ3v) is 4.35. The highest BCUT2D eigenvalue weighted by molar-refractivity contribution is 9.10. The zero-order chi connectivity index (χ0) is 13.4. The third-order valence-electron chi connectivity index (χ3n) is 3.68. The maximum Gasteiger partial charge on any atom is 0.407 e. The first kappa shape index (κ1) is 12.5. The molecule has 1 saturated heterocycles. The summed E-state index contributed by atoms with van der Waals surface area (Å²) in [6.45, 7) is 1.17. The Labute approximate surface area is 119 Å². The van der Waals surface area contributed by atoms with Crippen LogP contribution >= 0.6 is 15.9 Å². The molecule has 0 spiro atoms. The summed E-state index contributed by atoms with van der Waals surface area (Å²) < 4.78 is 3.11. The van der Waals surface area contributed by atoms with Crippen LogP contribution in [0.1, 0.15) is 24.6 Å². The fraction of sp³-hybridized carbons (Fsp3) is 0.385. The lowest BCUT2D eigenvalue weighted by atomic mass is 9.96. The standard InChI is InChI=1S/C13H14BrN3O2/c14-10-2-1-5-17-11(10)8-15-12(17)9-3-6-16(7-4-9)13(18)19/h1-2,5,8-9H,3-4,6-7H2,(H,18,19). The van der Waals surface area contributed by atoms with Crippen LogP contribution in [0, 0.1) is 0 Å². The molecule has 5 nitrogen and oxygen atoms in total. The number of imidazole rings is 1. The average molecular weight is 324 g/mol. The number of pyridine rings is 1. The number of aromatic nitrogens is 2. The van der Waals surface area contributed by atoms with E-state index < -0.39 is 6.09 Å². The van der Waals surface area contributed by atoms with Gasteiger partial charge < -0.3 is 14.4 Å². The van der Waals surface area contributed by atoms with E-state index in [1.807, 2.05) is 24.5 Å². The van der Waals surface area contributed by atoms with Crippen molar-refractivity contribution in [2.24, 2.45) is 0 Å². The smallest absolute Gasteiger partial charge is 0.407 e. The molecule has 0 bridgehead atoms. The van der Waals surface area contributed by atoms with Gasteiger partial charge in [0.05, 0.1) is 11.7 Å². The maximum absolute atomic E-state index is 10.9. The van der Waals surface area contributed by atoms with Crippen LogP contribution in [-0.4, -0.2) is 38.6 Å². The molecule has 0 unspecified atom stereocenters. The van der Waals surface area contributed by atoms with E-state index in [4.69, 9.17) is 5.11 Å². The van der Waals surface area contributed by atoms with Gasteiger partial charge in [0.15, 0.2) is 0 Å². The molecule has 1 N–H and O–H groups in total. The highest BCUT2D eigenvalue weighted by Gasteiger charge is 2.26. The van der Waals surface area contributed by atoms with Gasteiger partial charge in [0.25, 0.3) is 0 Å². The van der Waals surface area contributed by atoms with Crippen molar-refractivity contribution in [1.29, 1.82) is 0 Å². The van der Waals surface area contributed by atoms with Crippen molar-refractivity contribution in [2.75, 3.05) is 13.1 Å². The monoisotopic (exact) mass is 323 g/mol. The van der Waals surface area contributed by atoms with Crippen LogP contribution in [-0.2, 0) is 0 Å². The van der Waals surface area contributed by atoms with Crippen LogP contribution in [0.3, 0.4) is 0 Å². The molecular weight excluding hydrogens is 310 g/mol. The lowest BCUT2D eigenvalue weighted by Crippen LogP contribution is -2.37. The van der Waals surface area contributed by atoms with Gasteiger partial charge in [-0.2, -0.15) is 0 Å². The van der Waals surface area contributed by atoms with E-state index in [9.17, 15) is 4.79 Å². The first-order valence-electron chi connectivity index (χ1n) is 6.26. The summed E-state index contributed by atoms with van der Waals surface area (Å²) in [5, 5.41) is 8.96.